The minimum absolute atomic E-state index is 0.176. The number of aromatic nitrogens is 1. The van der Waals surface area contributed by atoms with Gasteiger partial charge in [0.2, 0.25) is 5.91 Å². The summed E-state index contributed by atoms with van der Waals surface area (Å²) in [5.41, 5.74) is 2.55. The molecule has 0 radical (unpaired) electrons. The van der Waals surface area contributed by atoms with Crippen LogP contribution in [0.1, 0.15) is 57.6 Å². The predicted octanol–water partition coefficient (Wildman–Crippen LogP) is 5.23. The molecule has 1 aromatic carbocycles. The van der Waals surface area contributed by atoms with Gasteiger partial charge in [-0.15, -0.1) is 0 Å². The van der Waals surface area contributed by atoms with Crippen molar-refractivity contribution in [1.82, 2.24) is 4.98 Å². The topological polar surface area (TPSA) is 42.0 Å². The highest BCUT2D eigenvalue weighted by molar-refractivity contribution is 5.97. The first kappa shape index (κ1) is 16.0. The van der Waals surface area contributed by atoms with Crippen LogP contribution in [0.4, 0.5) is 5.69 Å². The third kappa shape index (κ3) is 3.24. The number of benzene rings is 1. The van der Waals surface area contributed by atoms with Crippen molar-refractivity contribution in [2.24, 2.45) is 5.41 Å². The molecule has 0 spiro atoms. The number of hydrogen-bond acceptors (Lipinski definition) is 2. The normalized spacial score (nSPS) is 17.1. The minimum Gasteiger partial charge on any atom is -0.324 e. The van der Waals surface area contributed by atoms with Crippen LogP contribution in [0.3, 0.4) is 0 Å². The number of aryl methyl sites for hydroxylation is 1. The van der Waals surface area contributed by atoms with Crippen LogP contribution >= 0.6 is 0 Å². The fourth-order valence-electron chi connectivity index (χ4n) is 3.89. The van der Waals surface area contributed by atoms with Crippen LogP contribution in [0.5, 0.6) is 0 Å². The molecule has 1 aliphatic rings. The van der Waals surface area contributed by atoms with Gasteiger partial charge in [0, 0.05) is 10.8 Å². The van der Waals surface area contributed by atoms with Gasteiger partial charge >= 0.3 is 0 Å². The van der Waals surface area contributed by atoms with E-state index in [0.717, 1.165) is 48.0 Å². The summed E-state index contributed by atoms with van der Waals surface area (Å²) in [6.07, 6.45) is 7.68. The number of hydrogen-bond donors (Lipinski definition) is 1. The van der Waals surface area contributed by atoms with Crippen LogP contribution in [0.2, 0.25) is 0 Å². The minimum atomic E-state index is -0.176. The van der Waals surface area contributed by atoms with Crippen molar-refractivity contribution in [3.63, 3.8) is 0 Å². The monoisotopic (exact) mass is 310 g/mol. The van der Waals surface area contributed by atoms with Crippen LogP contribution in [0.15, 0.2) is 30.3 Å². The number of carbonyl (C=O) groups is 1. The lowest BCUT2D eigenvalue weighted by atomic mass is 9.70. The molecule has 1 heterocycles. The van der Waals surface area contributed by atoms with Crippen LogP contribution in [-0.2, 0) is 4.79 Å². The third-order valence-electron chi connectivity index (χ3n) is 5.18. The van der Waals surface area contributed by atoms with Gasteiger partial charge in [-0.1, -0.05) is 50.8 Å². The maximum atomic E-state index is 13.0. The highest BCUT2D eigenvalue weighted by atomic mass is 16.2. The average molecular weight is 310 g/mol. The van der Waals surface area contributed by atoms with Crippen molar-refractivity contribution in [3.8, 4) is 0 Å². The Kier molecular flexibility index (Phi) is 4.65. The largest absolute Gasteiger partial charge is 0.324 e. The van der Waals surface area contributed by atoms with Crippen LogP contribution in [0, 0.1) is 12.3 Å². The van der Waals surface area contributed by atoms with E-state index in [9.17, 15) is 4.79 Å². The number of nitrogens with one attached hydrogen (secondary N) is 1. The SMILES string of the molecule is CCCC1(C(=O)Nc2cc3ccccc3nc2C)CCCCC1. The Bertz CT molecular complexity index is 696. The molecule has 23 heavy (non-hydrogen) atoms. The van der Waals surface area contributed by atoms with Gasteiger partial charge in [-0.25, -0.2) is 0 Å². The van der Waals surface area contributed by atoms with Crippen molar-refractivity contribution >= 4 is 22.5 Å². The fourth-order valence-corrected chi connectivity index (χ4v) is 3.89. The summed E-state index contributed by atoms with van der Waals surface area (Å²) in [5, 5.41) is 4.27. The Labute approximate surface area is 138 Å². The summed E-state index contributed by atoms with van der Waals surface area (Å²) in [7, 11) is 0. The molecule has 0 bridgehead atoms. The highest BCUT2D eigenvalue weighted by Crippen LogP contribution is 2.41. The number of rotatable bonds is 4. The lowest BCUT2D eigenvalue weighted by Gasteiger charge is -2.35. The van der Waals surface area contributed by atoms with E-state index in [-0.39, 0.29) is 11.3 Å². The van der Waals surface area contributed by atoms with Gasteiger partial charge in [-0.2, -0.15) is 0 Å². The molecule has 1 amide bonds. The van der Waals surface area contributed by atoms with E-state index in [1.807, 2.05) is 31.2 Å². The lowest BCUT2D eigenvalue weighted by molar-refractivity contribution is -0.128. The van der Waals surface area contributed by atoms with Crippen LogP contribution < -0.4 is 5.32 Å². The van der Waals surface area contributed by atoms with Crippen molar-refractivity contribution in [3.05, 3.63) is 36.0 Å². The first-order valence-corrected chi connectivity index (χ1v) is 8.82. The second-order valence-corrected chi connectivity index (χ2v) is 6.86. The molecule has 1 saturated carbocycles. The number of amides is 1. The van der Waals surface area contributed by atoms with E-state index >= 15 is 0 Å². The number of nitrogens with zero attached hydrogens (tertiary/aromatic N) is 1. The molecule has 0 saturated heterocycles. The molecular formula is C20H26N2O. The molecule has 2 aromatic rings. The Hall–Kier alpha value is -1.90. The summed E-state index contributed by atoms with van der Waals surface area (Å²) in [6, 6.07) is 10.1. The number of pyridine rings is 1. The maximum Gasteiger partial charge on any atom is 0.230 e. The first-order valence-electron chi connectivity index (χ1n) is 8.82. The van der Waals surface area contributed by atoms with Crippen LogP contribution in [-0.4, -0.2) is 10.9 Å². The smallest absolute Gasteiger partial charge is 0.230 e. The molecular weight excluding hydrogens is 284 g/mol. The molecule has 3 nitrogen and oxygen atoms in total. The zero-order valence-electron chi connectivity index (χ0n) is 14.2. The molecule has 1 aliphatic carbocycles. The quantitative estimate of drug-likeness (QED) is 0.840. The Morgan fingerprint density at radius 1 is 1.22 bits per heavy atom. The number of anilines is 1. The molecule has 0 unspecified atom stereocenters. The third-order valence-corrected chi connectivity index (χ3v) is 5.18. The summed E-state index contributed by atoms with van der Waals surface area (Å²) in [4.78, 5) is 17.7. The Morgan fingerprint density at radius 3 is 2.70 bits per heavy atom. The van der Waals surface area contributed by atoms with Gasteiger partial charge in [-0.3, -0.25) is 9.78 Å². The van der Waals surface area contributed by atoms with E-state index < -0.39 is 0 Å². The van der Waals surface area contributed by atoms with Gasteiger partial charge in [0.15, 0.2) is 0 Å². The van der Waals surface area contributed by atoms with E-state index in [1.54, 1.807) is 0 Å². The Morgan fingerprint density at radius 2 is 1.96 bits per heavy atom. The van der Waals surface area contributed by atoms with Crippen molar-refractivity contribution in [2.45, 2.75) is 58.8 Å². The number of para-hydroxylation sites is 1. The molecule has 1 N–H and O–H groups in total. The van der Waals surface area contributed by atoms with Gasteiger partial charge < -0.3 is 5.32 Å². The van der Waals surface area contributed by atoms with E-state index in [2.05, 4.69) is 23.3 Å². The lowest BCUT2D eigenvalue weighted by Crippen LogP contribution is -2.38. The average Bonchev–Trinajstić information content (AvgIpc) is 2.56. The summed E-state index contributed by atoms with van der Waals surface area (Å²) in [5.74, 6) is 0.194. The van der Waals surface area contributed by atoms with E-state index in [4.69, 9.17) is 0 Å². The standard InChI is InChI=1S/C20H26N2O/c1-3-11-20(12-7-4-8-13-20)19(23)22-18-14-16-9-5-6-10-17(16)21-15(18)2/h5-6,9-10,14H,3-4,7-8,11-13H2,1-2H3,(H,22,23). The first-order chi connectivity index (χ1) is 11.1. The van der Waals surface area contributed by atoms with Gasteiger partial charge in [0.25, 0.3) is 0 Å². The summed E-state index contributed by atoms with van der Waals surface area (Å²) >= 11 is 0. The van der Waals surface area contributed by atoms with Crippen molar-refractivity contribution in [2.75, 3.05) is 5.32 Å². The van der Waals surface area contributed by atoms with Crippen LogP contribution in [0.25, 0.3) is 10.9 Å². The summed E-state index contributed by atoms with van der Waals surface area (Å²) in [6.45, 7) is 4.14. The second-order valence-electron chi connectivity index (χ2n) is 6.86. The zero-order valence-corrected chi connectivity index (χ0v) is 14.2. The summed E-state index contributed by atoms with van der Waals surface area (Å²) < 4.78 is 0. The second kappa shape index (κ2) is 6.69. The maximum absolute atomic E-state index is 13.0. The van der Waals surface area contributed by atoms with E-state index in [1.165, 1.54) is 19.3 Å². The molecule has 1 aromatic heterocycles. The van der Waals surface area contributed by atoms with Crippen molar-refractivity contribution < 1.29 is 4.79 Å². The zero-order chi connectivity index (χ0) is 16.3. The van der Waals surface area contributed by atoms with Gasteiger partial charge in [-0.05, 0) is 38.3 Å². The van der Waals surface area contributed by atoms with Gasteiger partial charge in [0.05, 0.1) is 16.9 Å². The molecule has 0 aliphatic heterocycles. The Balaban J connectivity index is 1.87. The predicted molar refractivity (Wildman–Crippen MR) is 95.5 cm³/mol. The fraction of sp³-hybridized carbons (Fsp3) is 0.500. The molecule has 3 heteroatoms. The van der Waals surface area contributed by atoms with E-state index in [0.29, 0.717) is 0 Å². The molecule has 3 rings (SSSR count). The van der Waals surface area contributed by atoms with Crippen molar-refractivity contribution in [1.29, 1.82) is 0 Å². The van der Waals surface area contributed by atoms with Gasteiger partial charge in [0.1, 0.15) is 0 Å². The highest BCUT2D eigenvalue weighted by Gasteiger charge is 2.38. The molecule has 122 valence electrons. The molecule has 0 atom stereocenters. The number of fused-ring (bicyclic) bond motifs is 1. The number of carbonyl (C=O) groups excluding carboxylic acids is 1. The molecule has 1 fully saturated rings.